The minimum Gasteiger partial charge on any atom is -0.489 e. The van der Waals surface area contributed by atoms with Gasteiger partial charge in [0.2, 0.25) is 0 Å². The summed E-state index contributed by atoms with van der Waals surface area (Å²) in [5.74, 6) is 0.705. The van der Waals surface area contributed by atoms with Crippen LogP contribution in [0.1, 0.15) is 19.4 Å². The molecular formula is C14H21N3O2S. The number of aromatic nitrogens is 2. The second-order valence-electron chi connectivity index (χ2n) is 5.29. The van der Waals surface area contributed by atoms with Crippen molar-refractivity contribution in [1.29, 1.82) is 0 Å². The molecule has 6 heteroatoms. The predicted octanol–water partition coefficient (Wildman–Crippen LogP) is 2.27. The Balaban J connectivity index is 2.07. The number of H-pyrrole nitrogens is 2. The second-order valence-corrected chi connectivity index (χ2v) is 5.70. The van der Waals surface area contributed by atoms with Gasteiger partial charge in [0.05, 0.1) is 5.52 Å². The Morgan fingerprint density at radius 3 is 2.80 bits per heavy atom. The molecule has 0 aliphatic carbocycles. The zero-order chi connectivity index (χ0) is 14.7. The molecule has 2 aromatic rings. The van der Waals surface area contributed by atoms with E-state index in [-0.39, 0.29) is 6.61 Å². The van der Waals surface area contributed by atoms with E-state index in [0.717, 1.165) is 16.6 Å². The van der Waals surface area contributed by atoms with Gasteiger partial charge in [0, 0.05) is 12.6 Å². The van der Waals surface area contributed by atoms with Crippen molar-refractivity contribution in [1.82, 2.24) is 15.3 Å². The van der Waals surface area contributed by atoms with Gasteiger partial charge in [-0.2, -0.15) is 0 Å². The van der Waals surface area contributed by atoms with Crippen LogP contribution >= 0.6 is 12.2 Å². The van der Waals surface area contributed by atoms with E-state index in [1.807, 2.05) is 32.9 Å². The molecule has 20 heavy (non-hydrogen) atoms. The summed E-state index contributed by atoms with van der Waals surface area (Å²) < 4.78 is 6.29. The number of imidazole rings is 1. The van der Waals surface area contributed by atoms with Gasteiger partial charge in [-0.05, 0) is 36.8 Å². The molecule has 0 saturated heterocycles. The van der Waals surface area contributed by atoms with Crippen molar-refractivity contribution in [2.45, 2.75) is 32.9 Å². The molecule has 0 aliphatic heterocycles. The Morgan fingerprint density at radius 2 is 2.10 bits per heavy atom. The summed E-state index contributed by atoms with van der Waals surface area (Å²) in [4.78, 5) is 6.14. The quantitative estimate of drug-likeness (QED) is 0.617. The van der Waals surface area contributed by atoms with Crippen LogP contribution in [0, 0.1) is 11.7 Å². The smallest absolute Gasteiger partial charge is 0.175 e. The Kier molecular flexibility index (Phi) is 4.80. The predicted molar refractivity (Wildman–Crippen MR) is 82.9 cm³/mol. The van der Waals surface area contributed by atoms with Crippen LogP contribution in [0.25, 0.3) is 11.0 Å². The lowest BCUT2D eigenvalue weighted by atomic mass is 10.2. The Morgan fingerprint density at radius 1 is 1.35 bits per heavy atom. The second kappa shape index (κ2) is 6.39. The number of aromatic amines is 2. The van der Waals surface area contributed by atoms with Gasteiger partial charge < -0.3 is 25.1 Å². The molecule has 1 aromatic heterocycles. The van der Waals surface area contributed by atoms with Crippen LogP contribution in [0.3, 0.4) is 0 Å². The molecule has 0 fully saturated rings. The van der Waals surface area contributed by atoms with E-state index in [9.17, 15) is 5.11 Å². The third kappa shape index (κ3) is 3.82. The van der Waals surface area contributed by atoms with E-state index >= 15 is 0 Å². The summed E-state index contributed by atoms with van der Waals surface area (Å²) in [6, 6.07) is 4.28. The van der Waals surface area contributed by atoms with E-state index in [0.29, 0.717) is 23.1 Å². The fraction of sp³-hybridized carbons (Fsp3) is 0.500. The van der Waals surface area contributed by atoms with E-state index in [4.69, 9.17) is 17.0 Å². The minimum atomic E-state index is -0.546. The fourth-order valence-electron chi connectivity index (χ4n) is 1.98. The van der Waals surface area contributed by atoms with Crippen molar-refractivity contribution in [3.63, 3.8) is 0 Å². The third-order valence-electron chi connectivity index (χ3n) is 2.93. The number of nitrogens with one attached hydrogen (secondary N) is 3. The van der Waals surface area contributed by atoms with Gasteiger partial charge in [-0.3, -0.25) is 0 Å². The highest BCUT2D eigenvalue weighted by Gasteiger charge is 2.10. The van der Waals surface area contributed by atoms with Gasteiger partial charge in [-0.1, -0.05) is 13.8 Å². The number of aryl methyl sites for hydroxylation is 1. The summed E-state index contributed by atoms with van der Waals surface area (Å²) in [6.45, 7) is 6.82. The number of aliphatic hydroxyl groups is 1. The number of benzene rings is 1. The van der Waals surface area contributed by atoms with Crippen LogP contribution in [0.4, 0.5) is 0 Å². The van der Waals surface area contributed by atoms with Crippen LogP contribution in [0.15, 0.2) is 12.1 Å². The lowest BCUT2D eigenvalue weighted by molar-refractivity contribution is 0.105. The number of aliphatic hydroxyl groups excluding tert-OH is 1. The summed E-state index contributed by atoms with van der Waals surface area (Å²) in [6.07, 6.45) is -0.546. The summed E-state index contributed by atoms with van der Waals surface area (Å²) >= 11 is 5.10. The SMILES string of the molecule is Cc1cc(OCC(O)CNC(C)C)c2[nH]c(=S)[nH]c2c1. The number of fused-ring (bicyclic) bond motifs is 1. The third-order valence-corrected chi connectivity index (χ3v) is 3.13. The zero-order valence-corrected chi connectivity index (χ0v) is 12.8. The van der Waals surface area contributed by atoms with Gasteiger partial charge in [0.25, 0.3) is 0 Å². The maximum Gasteiger partial charge on any atom is 0.175 e. The summed E-state index contributed by atoms with van der Waals surface area (Å²) in [5, 5.41) is 13.1. The number of ether oxygens (including phenoxy) is 1. The molecule has 0 bridgehead atoms. The molecular weight excluding hydrogens is 274 g/mol. The molecule has 0 spiro atoms. The summed E-state index contributed by atoms with van der Waals surface area (Å²) in [7, 11) is 0. The molecule has 0 saturated carbocycles. The van der Waals surface area contributed by atoms with Crippen molar-refractivity contribution in [2.75, 3.05) is 13.2 Å². The molecule has 1 atom stereocenters. The number of hydrogen-bond donors (Lipinski definition) is 4. The molecule has 4 N–H and O–H groups in total. The molecule has 2 rings (SSSR count). The van der Waals surface area contributed by atoms with Gasteiger partial charge in [-0.25, -0.2) is 0 Å². The Labute approximate surface area is 123 Å². The molecule has 5 nitrogen and oxygen atoms in total. The van der Waals surface area contributed by atoms with Gasteiger partial charge in [-0.15, -0.1) is 0 Å². The molecule has 0 radical (unpaired) electrons. The monoisotopic (exact) mass is 295 g/mol. The molecule has 0 amide bonds. The van der Waals surface area contributed by atoms with Crippen molar-refractivity contribution in [2.24, 2.45) is 0 Å². The first-order valence-electron chi connectivity index (χ1n) is 6.72. The van der Waals surface area contributed by atoms with E-state index in [1.165, 1.54) is 0 Å². The standard InChI is InChI=1S/C14H21N3O2S/c1-8(2)15-6-10(18)7-19-12-5-9(3)4-11-13(12)17-14(20)16-11/h4-5,8,10,15,18H,6-7H2,1-3H3,(H2,16,17,20). The van der Waals surface area contributed by atoms with E-state index < -0.39 is 6.10 Å². The van der Waals surface area contributed by atoms with Crippen LogP contribution in [-0.4, -0.2) is 40.4 Å². The summed E-state index contributed by atoms with van der Waals surface area (Å²) in [5.41, 5.74) is 2.83. The van der Waals surface area contributed by atoms with Crippen molar-refractivity contribution < 1.29 is 9.84 Å². The van der Waals surface area contributed by atoms with Crippen LogP contribution < -0.4 is 10.1 Å². The average Bonchev–Trinajstić information content (AvgIpc) is 2.73. The highest BCUT2D eigenvalue weighted by molar-refractivity contribution is 7.71. The maximum absolute atomic E-state index is 9.88. The van der Waals surface area contributed by atoms with Crippen molar-refractivity contribution in [3.05, 3.63) is 22.5 Å². The maximum atomic E-state index is 9.88. The molecule has 1 unspecified atom stereocenters. The van der Waals surface area contributed by atoms with Crippen LogP contribution in [0.2, 0.25) is 0 Å². The highest BCUT2D eigenvalue weighted by Crippen LogP contribution is 2.25. The average molecular weight is 295 g/mol. The first kappa shape index (κ1) is 15.0. The Bertz CT molecular complexity index is 633. The van der Waals surface area contributed by atoms with Crippen LogP contribution in [-0.2, 0) is 0 Å². The lowest BCUT2D eigenvalue weighted by Gasteiger charge is -2.15. The number of rotatable bonds is 6. The van der Waals surface area contributed by atoms with Gasteiger partial charge in [0.15, 0.2) is 4.77 Å². The molecule has 1 heterocycles. The van der Waals surface area contributed by atoms with Crippen LogP contribution in [0.5, 0.6) is 5.75 Å². The first-order chi connectivity index (χ1) is 9.45. The van der Waals surface area contributed by atoms with E-state index in [1.54, 1.807) is 0 Å². The first-order valence-corrected chi connectivity index (χ1v) is 7.13. The van der Waals surface area contributed by atoms with Crippen molar-refractivity contribution >= 4 is 23.3 Å². The largest absolute Gasteiger partial charge is 0.489 e. The normalized spacial score (nSPS) is 13.1. The molecule has 0 aliphatic rings. The fourth-order valence-corrected chi connectivity index (χ4v) is 2.19. The molecule has 110 valence electrons. The number of hydrogen-bond acceptors (Lipinski definition) is 4. The van der Waals surface area contributed by atoms with E-state index in [2.05, 4.69) is 15.3 Å². The van der Waals surface area contributed by atoms with Gasteiger partial charge >= 0.3 is 0 Å². The van der Waals surface area contributed by atoms with Gasteiger partial charge in [0.1, 0.15) is 24.0 Å². The minimum absolute atomic E-state index is 0.240. The lowest BCUT2D eigenvalue weighted by Crippen LogP contribution is -2.35. The highest BCUT2D eigenvalue weighted by atomic mass is 32.1. The topological polar surface area (TPSA) is 73.1 Å². The van der Waals surface area contributed by atoms with Crippen molar-refractivity contribution in [3.8, 4) is 5.75 Å². The Hall–Kier alpha value is -1.37. The molecule has 1 aromatic carbocycles. The zero-order valence-electron chi connectivity index (χ0n) is 12.0.